The Labute approximate surface area is 258 Å². The maximum absolute atomic E-state index is 8.57. The van der Waals surface area contributed by atoms with Crippen LogP contribution in [0.5, 0.6) is 0 Å². The number of rotatable bonds is 36. The normalized spacial score (nSPS) is 14.2. The summed E-state index contributed by atoms with van der Waals surface area (Å²) in [7, 11) is 0. The van der Waals surface area contributed by atoms with Crippen molar-refractivity contribution in [1.29, 1.82) is 0 Å². The van der Waals surface area contributed by atoms with Crippen molar-refractivity contribution in [3.63, 3.8) is 0 Å². The van der Waals surface area contributed by atoms with Gasteiger partial charge in [-0.15, -0.1) is 0 Å². The van der Waals surface area contributed by atoms with Crippen LogP contribution in [0.1, 0.15) is 12.8 Å². The quantitative estimate of drug-likeness (QED) is 0.0893. The molecule has 0 amide bonds. The largest absolute Gasteiger partial charge is 0.394 e. The third-order valence-corrected chi connectivity index (χ3v) is 5.82. The summed E-state index contributed by atoms with van der Waals surface area (Å²) in [4.78, 5) is 0. The zero-order valence-electron chi connectivity index (χ0n) is 26.2. The molecule has 14 nitrogen and oxygen atoms in total. The first-order chi connectivity index (χ1) is 21.4. The van der Waals surface area contributed by atoms with Gasteiger partial charge >= 0.3 is 0 Å². The van der Waals surface area contributed by atoms with Crippen molar-refractivity contribution in [1.82, 2.24) is 5.32 Å². The molecule has 0 saturated carbocycles. The van der Waals surface area contributed by atoms with Gasteiger partial charge in [0.05, 0.1) is 165 Å². The monoisotopic (exact) mass is 629 g/mol. The Morgan fingerprint density at radius 1 is 0.349 bits per heavy atom. The molecule has 1 rings (SSSR count). The summed E-state index contributed by atoms with van der Waals surface area (Å²) in [5.74, 6) is 0. The molecule has 1 saturated heterocycles. The fraction of sp³-hybridized carbons (Fsp3) is 1.00. The highest BCUT2D eigenvalue weighted by Crippen LogP contribution is 2.06. The molecule has 0 aromatic heterocycles. The summed E-state index contributed by atoms with van der Waals surface area (Å²) in [6.07, 6.45) is 2.53. The van der Waals surface area contributed by atoms with Crippen LogP contribution in [-0.2, 0) is 56.8 Å². The Balaban J connectivity index is 1.60. The van der Waals surface area contributed by atoms with E-state index in [9.17, 15) is 0 Å². The predicted octanol–water partition coefficient (Wildman–Crippen LogP) is -0.0701. The number of piperidine rings is 1. The number of aliphatic hydroxyl groups is 1. The average molecular weight is 630 g/mol. The van der Waals surface area contributed by atoms with Crippen LogP contribution in [0.4, 0.5) is 0 Å². The maximum atomic E-state index is 8.57. The van der Waals surface area contributed by atoms with Crippen molar-refractivity contribution >= 4 is 0 Å². The first-order valence-electron chi connectivity index (χ1n) is 15.7. The van der Waals surface area contributed by atoms with E-state index in [0.717, 1.165) is 25.9 Å². The van der Waals surface area contributed by atoms with Gasteiger partial charge in [-0.1, -0.05) is 0 Å². The Hall–Kier alpha value is -0.560. The zero-order chi connectivity index (χ0) is 30.6. The van der Waals surface area contributed by atoms with Crippen molar-refractivity contribution in [3.8, 4) is 0 Å². The summed E-state index contributed by atoms with van der Waals surface area (Å²) in [5.41, 5.74) is 0. The molecule has 0 radical (unpaired) electrons. The van der Waals surface area contributed by atoms with E-state index < -0.39 is 0 Å². The van der Waals surface area contributed by atoms with E-state index >= 15 is 0 Å². The fourth-order valence-electron chi connectivity index (χ4n) is 3.60. The van der Waals surface area contributed by atoms with Gasteiger partial charge < -0.3 is 67.3 Å². The number of ether oxygens (including phenoxy) is 12. The minimum absolute atomic E-state index is 0.0267. The number of hydrogen-bond acceptors (Lipinski definition) is 14. The van der Waals surface area contributed by atoms with Crippen molar-refractivity contribution in [2.75, 3.05) is 172 Å². The lowest BCUT2D eigenvalue weighted by Crippen LogP contribution is -2.33. The van der Waals surface area contributed by atoms with Crippen molar-refractivity contribution < 1.29 is 61.9 Å². The van der Waals surface area contributed by atoms with E-state index in [1.165, 1.54) is 0 Å². The topological polar surface area (TPSA) is 143 Å². The van der Waals surface area contributed by atoms with Gasteiger partial charge in [-0.3, -0.25) is 0 Å². The van der Waals surface area contributed by atoms with E-state index in [2.05, 4.69) is 5.32 Å². The molecule has 0 aliphatic carbocycles. The minimum atomic E-state index is 0.0267. The zero-order valence-corrected chi connectivity index (χ0v) is 26.2. The third-order valence-electron chi connectivity index (χ3n) is 5.82. The third kappa shape index (κ3) is 32.6. The van der Waals surface area contributed by atoms with Gasteiger partial charge in [0.2, 0.25) is 0 Å². The Bertz CT molecular complexity index is 519. The standard InChI is InChI=1S/C29H59NO13/c31-5-6-32-7-8-33-9-10-34-11-12-35-13-14-36-15-16-37-17-18-38-19-20-39-21-22-40-23-24-41-25-26-42-27-28-43-29-1-3-30-4-2-29/h29-31H,1-28H2. The van der Waals surface area contributed by atoms with E-state index in [1.807, 2.05) is 0 Å². The Morgan fingerprint density at radius 2 is 0.581 bits per heavy atom. The van der Waals surface area contributed by atoms with E-state index in [0.29, 0.717) is 158 Å². The lowest BCUT2D eigenvalue weighted by molar-refractivity contribution is -0.0326. The smallest absolute Gasteiger partial charge is 0.0704 e. The second kappa shape index (κ2) is 35.9. The molecule has 258 valence electrons. The van der Waals surface area contributed by atoms with Crippen LogP contribution in [0.3, 0.4) is 0 Å². The minimum Gasteiger partial charge on any atom is -0.394 e. The van der Waals surface area contributed by atoms with Gasteiger partial charge in [-0.05, 0) is 25.9 Å². The van der Waals surface area contributed by atoms with Gasteiger partial charge in [0.15, 0.2) is 0 Å². The van der Waals surface area contributed by atoms with Gasteiger partial charge in [0.1, 0.15) is 0 Å². The van der Waals surface area contributed by atoms with Crippen LogP contribution in [0, 0.1) is 0 Å². The van der Waals surface area contributed by atoms with Gasteiger partial charge in [-0.25, -0.2) is 0 Å². The summed E-state index contributed by atoms with van der Waals surface area (Å²) in [6, 6.07) is 0. The maximum Gasteiger partial charge on any atom is 0.0704 e. The fourth-order valence-corrected chi connectivity index (χ4v) is 3.60. The number of nitrogens with one attached hydrogen (secondary N) is 1. The second-order valence-corrected chi connectivity index (χ2v) is 9.28. The molecular weight excluding hydrogens is 570 g/mol. The summed E-state index contributed by atoms with van der Waals surface area (Å²) in [5, 5.41) is 11.9. The number of hydrogen-bond donors (Lipinski definition) is 2. The first-order valence-corrected chi connectivity index (χ1v) is 15.7. The molecule has 1 aliphatic heterocycles. The van der Waals surface area contributed by atoms with Crippen LogP contribution < -0.4 is 5.32 Å². The van der Waals surface area contributed by atoms with Crippen LogP contribution in [0.2, 0.25) is 0 Å². The van der Waals surface area contributed by atoms with Crippen molar-refractivity contribution in [2.45, 2.75) is 18.9 Å². The first kappa shape index (κ1) is 40.5. The molecule has 0 bridgehead atoms. The molecule has 1 fully saturated rings. The summed E-state index contributed by atoms with van der Waals surface area (Å²) < 4.78 is 65.4. The SMILES string of the molecule is OCCOCCOCCOCCOCCOCCOCCOCCOCCOCCOCCOCCOC1CCNCC1. The molecule has 1 aliphatic rings. The van der Waals surface area contributed by atoms with Crippen LogP contribution in [0.25, 0.3) is 0 Å². The van der Waals surface area contributed by atoms with Crippen LogP contribution in [-0.4, -0.2) is 183 Å². The highest BCUT2D eigenvalue weighted by Gasteiger charge is 2.12. The lowest BCUT2D eigenvalue weighted by Gasteiger charge is -2.22. The van der Waals surface area contributed by atoms with Crippen LogP contribution >= 0.6 is 0 Å². The second-order valence-electron chi connectivity index (χ2n) is 9.28. The van der Waals surface area contributed by atoms with Crippen molar-refractivity contribution in [3.05, 3.63) is 0 Å². The summed E-state index contributed by atoms with van der Waals surface area (Å²) in [6.45, 7) is 14.0. The van der Waals surface area contributed by atoms with E-state index in [4.69, 9.17) is 61.9 Å². The molecule has 43 heavy (non-hydrogen) atoms. The average Bonchev–Trinajstić information content (AvgIpc) is 3.03. The highest BCUT2D eigenvalue weighted by molar-refractivity contribution is 4.67. The van der Waals surface area contributed by atoms with Gasteiger partial charge in [-0.2, -0.15) is 0 Å². The molecule has 1 heterocycles. The lowest BCUT2D eigenvalue weighted by atomic mass is 10.1. The molecule has 0 atom stereocenters. The van der Waals surface area contributed by atoms with Crippen LogP contribution in [0.15, 0.2) is 0 Å². The summed E-state index contributed by atoms with van der Waals surface area (Å²) >= 11 is 0. The molecular formula is C29H59NO13. The van der Waals surface area contributed by atoms with Gasteiger partial charge in [0, 0.05) is 0 Å². The Morgan fingerprint density at radius 3 is 0.837 bits per heavy atom. The highest BCUT2D eigenvalue weighted by atomic mass is 16.6. The van der Waals surface area contributed by atoms with Gasteiger partial charge in [0.25, 0.3) is 0 Å². The molecule has 0 unspecified atom stereocenters. The molecule has 14 heteroatoms. The van der Waals surface area contributed by atoms with E-state index in [1.54, 1.807) is 0 Å². The Kier molecular flexibility index (Phi) is 33.8. The predicted molar refractivity (Wildman–Crippen MR) is 158 cm³/mol. The molecule has 2 N–H and O–H groups in total. The molecule has 0 spiro atoms. The number of aliphatic hydroxyl groups excluding tert-OH is 1. The van der Waals surface area contributed by atoms with E-state index in [-0.39, 0.29) is 6.61 Å². The molecule has 0 aromatic carbocycles. The van der Waals surface area contributed by atoms with Crippen molar-refractivity contribution in [2.24, 2.45) is 0 Å². The molecule has 0 aromatic rings.